The van der Waals surface area contributed by atoms with Gasteiger partial charge in [-0.05, 0) is 51.8 Å². The van der Waals surface area contributed by atoms with Crippen molar-refractivity contribution in [2.75, 3.05) is 12.8 Å². The average molecular weight is 590 g/mol. The quantitative estimate of drug-likeness (QED) is 0.136. The van der Waals surface area contributed by atoms with Crippen molar-refractivity contribution < 1.29 is 23.8 Å². The highest BCUT2D eigenvalue weighted by Gasteiger charge is 2.26. The number of nitro benzene ring substituents is 1. The first-order chi connectivity index (χ1) is 20.3. The van der Waals surface area contributed by atoms with Crippen LogP contribution in [0.4, 0.5) is 11.5 Å². The molecule has 212 valence electrons. The second kappa shape index (κ2) is 12.1. The summed E-state index contributed by atoms with van der Waals surface area (Å²) < 4.78 is 17.0. The number of nitrogens with one attached hydrogen (secondary N) is 1. The molecule has 5 rings (SSSR count). The molecule has 0 saturated carbocycles. The Balaban J connectivity index is 1.36. The summed E-state index contributed by atoms with van der Waals surface area (Å²) in [4.78, 5) is 23.9. The van der Waals surface area contributed by atoms with Crippen LogP contribution >= 0.6 is 11.6 Å². The fourth-order valence-corrected chi connectivity index (χ4v) is 3.92. The van der Waals surface area contributed by atoms with Gasteiger partial charge in [0.2, 0.25) is 11.6 Å². The number of nitrogen functional groups attached to an aromatic ring is 1. The topological polar surface area (TPSA) is 199 Å². The van der Waals surface area contributed by atoms with Gasteiger partial charge in [0.25, 0.3) is 11.6 Å². The van der Waals surface area contributed by atoms with E-state index in [0.29, 0.717) is 28.7 Å². The van der Waals surface area contributed by atoms with Crippen molar-refractivity contribution in [2.24, 2.45) is 5.10 Å². The van der Waals surface area contributed by atoms with Gasteiger partial charge in [0.1, 0.15) is 12.3 Å². The Kier molecular flexibility index (Phi) is 8.01. The third kappa shape index (κ3) is 6.00. The van der Waals surface area contributed by atoms with Gasteiger partial charge in [0.15, 0.2) is 17.2 Å². The largest absolute Gasteiger partial charge is 0.493 e. The first-order valence-corrected chi connectivity index (χ1v) is 12.4. The van der Waals surface area contributed by atoms with Crippen LogP contribution in [0.3, 0.4) is 0 Å². The van der Waals surface area contributed by atoms with Gasteiger partial charge in [-0.2, -0.15) is 9.78 Å². The summed E-state index contributed by atoms with van der Waals surface area (Å²) in [7, 11) is 1.50. The number of rotatable bonds is 10. The van der Waals surface area contributed by atoms with E-state index in [1.807, 2.05) is 12.1 Å². The molecular formula is C26H20ClN9O6. The molecule has 0 saturated heterocycles. The van der Waals surface area contributed by atoms with Gasteiger partial charge in [0, 0.05) is 22.7 Å². The van der Waals surface area contributed by atoms with Crippen LogP contribution in [0.5, 0.6) is 11.5 Å². The minimum Gasteiger partial charge on any atom is -0.493 e. The zero-order valence-corrected chi connectivity index (χ0v) is 22.4. The number of hydrogen-bond acceptors (Lipinski definition) is 12. The van der Waals surface area contributed by atoms with Crippen molar-refractivity contribution in [3.05, 3.63) is 98.7 Å². The second-order valence-corrected chi connectivity index (χ2v) is 8.94. The Bertz CT molecular complexity index is 1790. The lowest BCUT2D eigenvalue weighted by atomic mass is 10.1. The maximum absolute atomic E-state index is 13.1. The predicted molar refractivity (Wildman–Crippen MR) is 150 cm³/mol. The van der Waals surface area contributed by atoms with Crippen molar-refractivity contribution in [3.63, 3.8) is 0 Å². The zero-order valence-electron chi connectivity index (χ0n) is 21.7. The van der Waals surface area contributed by atoms with E-state index in [9.17, 15) is 14.9 Å². The molecule has 5 aromatic rings. The molecule has 1 amide bonds. The molecule has 16 heteroatoms. The van der Waals surface area contributed by atoms with Crippen LogP contribution in [0.2, 0.25) is 5.02 Å². The molecule has 15 nitrogen and oxygen atoms in total. The highest BCUT2D eigenvalue weighted by Crippen LogP contribution is 2.30. The van der Waals surface area contributed by atoms with Crippen molar-refractivity contribution in [1.82, 2.24) is 30.7 Å². The standard InChI is InChI=1S/C26H20ClN9O6/c1-40-21-11-16(7-10-20(21)41-14-15-5-8-18(27)9-6-15)13-29-31-26(37)22-23(17-3-2-4-19(12-17)36(38)39)35(34-30-22)25-24(28)32-42-33-25/h2-13H,14H2,1H3,(H2,28,32)(H,31,37)/b29-13+. The zero-order chi connectivity index (χ0) is 29.6. The minimum absolute atomic E-state index is 0.0534. The average Bonchev–Trinajstić information content (AvgIpc) is 3.63. The van der Waals surface area contributed by atoms with E-state index < -0.39 is 10.8 Å². The molecule has 0 aliphatic heterocycles. The molecule has 0 aliphatic carbocycles. The van der Waals surface area contributed by atoms with E-state index in [4.69, 9.17) is 26.8 Å². The van der Waals surface area contributed by atoms with E-state index in [1.54, 1.807) is 30.3 Å². The highest BCUT2D eigenvalue weighted by molar-refractivity contribution is 6.30. The number of benzene rings is 3. The Morgan fingerprint density at radius 2 is 1.98 bits per heavy atom. The third-order valence-electron chi connectivity index (χ3n) is 5.79. The van der Waals surface area contributed by atoms with Crippen molar-refractivity contribution >= 4 is 35.2 Å². The Morgan fingerprint density at radius 1 is 1.17 bits per heavy atom. The molecule has 0 spiro atoms. The number of anilines is 1. The van der Waals surface area contributed by atoms with E-state index in [-0.39, 0.29) is 34.3 Å². The minimum atomic E-state index is -0.760. The predicted octanol–water partition coefficient (Wildman–Crippen LogP) is 3.81. The normalized spacial score (nSPS) is 11.0. The second-order valence-electron chi connectivity index (χ2n) is 8.50. The van der Waals surface area contributed by atoms with E-state index >= 15 is 0 Å². The molecule has 0 radical (unpaired) electrons. The van der Waals surface area contributed by atoms with Crippen molar-refractivity contribution in [1.29, 1.82) is 0 Å². The van der Waals surface area contributed by atoms with Gasteiger partial charge in [0.05, 0.1) is 18.2 Å². The number of methoxy groups -OCH3 is 1. The molecule has 0 atom stereocenters. The molecule has 2 aromatic heterocycles. The van der Waals surface area contributed by atoms with E-state index in [1.165, 1.54) is 37.6 Å². The smallest absolute Gasteiger partial charge is 0.294 e. The van der Waals surface area contributed by atoms with Crippen molar-refractivity contribution in [3.8, 4) is 28.6 Å². The maximum Gasteiger partial charge on any atom is 0.294 e. The Labute approximate surface area is 241 Å². The van der Waals surface area contributed by atoms with Crippen LogP contribution in [0, 0.1) is 10.1 Å². The number of ether oxygens (including phenoxy) is 2. The lowest BCUT2D eigenvalue weighted by Gasteiger charge is -2.11. The number of hydrogen-bond donors (Lipinski definition) is 2. The monoisotopic (exact) mass is 589 g/mol. The number of amides is 1. The lowest BCUT2D eigenvalue weighted by Crippen LogP contribution is -2.19. The van der Waals surface area contributed by atoms with E-state index in [2.05, 4.69) is 35.8 Å². The van der Waals surface area contributed by atoms with Gasteiger partial charge < -0.3 is 15.2 Å². The number of carbonyl (C=O) groups is 1. The number of halogens is 1. The third-order valence-corrected chi connectivity index (χ3v) is 6.04. The number of nitrogens with two attached hydrogens (primary N) is 1. The van der Waals surface area contributed by atoms with E-state index in [0.717, 1.165) is 10.2 Å². The summed E-state index contributed by atoms with van der Waals surface area (Å²) >= 11 is 5.93. The summed E-state index contributed by atoms with van der Waals surface area (Å²) in [5, 5.41) is 31.1. The fourth-order valence-electron chi connectivity index (χ4n) is 3.79. The van der Waals surface area contributed by atoms with Gasteiger partial charge in [-0.25, -0.2) is 10.1 Å². The molecular weight excluding hydrogens is 570 g/mol. The molecule has 3 aromatic carbocycles. The number of nitrogens with zero attached hydrogens (tertiary/aromatic N) is 7. The first kappa shape index (κ1) is 27.7. The summed E-state index contributed by atoms with van der Waals surface area (Å²) in [6.45, 7) is 0.306. The van der Waals surface area contributed by atoms with Gasteiger partial charge in [-0.3, -0.25) is 14.9 Å². The van der Waals surface area contributed by atoms with Crippen LogP contribution in [0.15, 0.2) is 76.5 Å². The first-order valence-electron chi connectivity index (χ1n) is 12.0. The summed E-state index contributed by atoms with van der Waals surface area (Å²) in [5.74, 6) is 0.00875. The Hall–Kier alpha value is -5.83. The molecule has 2 heterocycles. The molecule has 0 aliphatic rings. The SMILES string of the molecule is COc1cc(/C=N/NC(=O)c2nnn(-c3nonc3N)c2-c2cccc([N+](=O)[O-])c2)ccc1OCc1ccc(Cl)cc1. The lowest BCUT2D eigenvalue weighted by molar-refractivity contribution is -0.384. The van der Waals surface area contributed by atoms with Crippen molar-refractivity contribution in [2.45, 2.75) is 6.61 Å². The van der Waals surface area contributed by atoms with Crippen LogP contribution in [0.25, 0.3) is 17.1 Å². The summed E-state index contributed by atoms with van der Waals surface area (Å²) in [5.41, 5.74) is 9.57. The number of aromatic nitrogens is 5. The fraction of sp³-hybridized carbons (Fsp3) is 0.0769. The van der Waals surface area contributed by atoms with Crippen LogP contribution < -0.4 is 20.6 Å². The molecule has 3 N–H and O–H groups in total. The van der Waals surface area contributed by atoms with Crippen LogP contribution in [-0.2, 0) is 6.61 Å². The molecule has 0 fully saturated rings. The molecule has 0 bridgehead atoms. The van der Waals surface area contributed by atoms with Crippen LogP contribution in [0.1, 0.15) is 21.6 Å². The molecule has 42 heavy (non-hydrogen) atoms. The van der Waals surface area contributed by atoms with Crippen LogP contribution in [-0.4, -0.2) is 49.5 Å². The maximum atomic E-state index is 13.1. The number of nitro groups is 1. The Morgan fingerprint density at radius 3 is 2.69 bits per heavy atom. The van der Waals surface area contributed by atoms with Gasteiger partial charge >= 0.3 is 0 Å². The number of hydrazone groups is 1. The highest BCUT2D eigenvalue weighted by atomic mass is 35.5. The molecule has 0 unspecified atom stereocenters. The summed E-state index contributed by atoms with van der Waals surface area (Å²) in [6, 6.07) is 17.9. The summed E-state index contributed by atoms with van der Waals surface area (Å²) in [6.07, 6.45) is 1.39. The van der Waals surface area contributed by atoms with Gasteiger partial charge in [-0.1, -0.05) is 41.1 Å². The number of non-ortho nitro benzene ring substituents is 1. The number of carbonyl (C=O) groups excluding carboxylic acids is 1. The van der Waals surface area contributed by atoms with Gasteiger partial charge in [-0.15, -0.1) is 5.10 Å².